The normalized spacial score (nSPS) is 12.3. The molecule has 7 heteroatoms. The van der Waals surface area contributed by atoms with E-state index in [2.05, 4.69) is 15.6 Å². The summed E-state index contributed by atoms with van der Waals surface area (Å²) >= 11 is 0. The monoisotopic (exact) mass is 397 g/mol. The van der Waals surface area contributed by atoms with E-state index in [9.17, 15) is 9.90 Å². The van der Waals surface area contributed by atoms with Gasteiger partial charge in [0.25, 0.3) is 5.91 Å². The smallest absolute Gasteiger partial charge is 0.254 e. The van der Waals surface area contributed by atoms with Crippen LogP contribution in [0.2, 0.25) is 0 Å². The quantitative estimate of drug-likeness (QED) is 0.438. The molecule has 2 aromatic rings. The minimum atomic E-state index is -0.849. The maximum atomic E-state index is 12.8. The number of allylic oxidation sites excluding steroid dienone is 1. The molecule has 1 heterocycles. The molecule has 156 valence electrons. The van der Waals surface area contributed by atoms with Gasteiger partial charge in [-0.15, -0.1) is 0 Å². The molecule has 0 aliphatic carbocycles. The topological polar surface area (TPSA) is 124 Å². The summed E-state index contributed by atoms with van der Waals surface area (Å²) in [5, 5.41) is 24.5. The summed E-state index contributed by atoms with van der Waals surface area (Å²) < 4.78 is 0. The third-order valence-electron chi connectivity index (χ3n) is 4.56. The van der Waals surface area contributed by atoms with Crippen LogP contribution in [0.5, 0.6) is 0 Å². The standard InChI is InChI=1S/C22H31N5O2/c1-13(2)27-20-17-9-16(15(10-23)11-24)14(3)8-19(17)26-12-18(20)21(28)25-7-6-22(4,5)29/h8-13,23,29H,6-7,24H2,1-5H3,(H,25,28)(H,26,27)/b15-11+,23-10?. The van der Waals surface area contributed by atoms with E-state index in [1.165, 1.54) is 12.4 Å². The SMILES string of the molecule is Cc1cc2ncc(C(=O)NCCC(C)(C)O)c(NC(C)C)c2cc1/C(C=N)=C/N. The average molecular weight is 398 g/mol. The third-order valence-corrected chi connectivity index (χ3v) is 4.56. The van der Waals surface area contributed by atoms with Crippen molar-refractivity contribution in [3.8, 4) is 0 Å². The molecule has 7 nitrogen and oxygen atoms in total. The van der Waals surface area contributed by atoms with E-state index in [0.29, 0.717) is 29.8 Å². The molecule has 0 aliphatic heterocycles. The molecular formula is C22H31N5O2. The molecule has 0 atom stereocenters. The Kier molecular flexibility index (Phi) is 6.97. The van der Waals surface area contributed by atoms with Crippen LogP contribution < -0.4 is 16.4 Å². The van der Waals surface area contributed by atoms with E-state index in [1.807, 2.05) is 32.9 Å². The number of hydrogen-bond donors (Lipinski definition) is 5. The highest BCUT2D eigenvalue weighted by Gasteiger charge is 2.19. The van der Waals surface area contributed by atoms with Gasteiger partial charge in [0.1, 0.15) is 0 Å². The van der Waals surface area contributed by atoms with Gasteiger partial charge in [-0.2, -0.15) is 0 Å². The summed E-state index contributed by atoms with van der Waals surface area (Å²) in [4.78, 5) is 17.3. The van der Waals surface area contributed by atoms with E-state index in [4.69, 9.17) is 11.1 Å². The van der Waals surface area contributed by atoms with Crippen LogP contribution in [-0.2, 0) is 0 Å². The van der Waals surface area contributed by atoms with E-state index in [-0.39, 0.29) is 11.9 Å². The summed E-state index contributed by atoms with van der Waals surface area (Å²) in [6, 6.07) is 3.94. The number of carbonyl (C=O) groups is 1. The highest BCUT2D eigenvalue weighted by Crippen LogP contribution is 2.31. The molecule has 0 saturated heterocycles. The molecule has 1 aromatic heterocycles. The van der Waals surface area contributed by atoms with Crippen LogP contribution in [0.25, 0.3) is 16.5 Å². The lowest BCUT2D eigenvalue weighted by atomic mass is 9.97. The molecule has 2 rings (SSSR count). The van der Waals surface area contributed by atoms with E-state index >= 15 is 0 Å². The Bertz CT molecular complexity index is 942. The lowest BCUT2D eigenvalue weighted by Gasteiger charge is -2.20. The second kappa shape index (κ2) is 9.05. The molecule has 0 fully saturated rings. The zero-order valence-corrected chi connectivity index (χ0v) is 17.8. The number of pyridine rings is 1. The lowest BCUT2D eigenvalue weighted by molar-refractivity contribution is 0.0693. The Morgan fingerprint density at radius 2 is 2.03 bits per heavy atom. The summed E-state index contributed by atoms with van der Waals surface area (Å²) in [7, 11) is 0. The van der Waals surface area contributed by atoms with Crippen molar-refractivity contribution < 1.29 is 9.90 Å². The number of nitrogens with zero attached hydrogens (tertiary/aromatic N) is 1. The summed E-state index contributed by atoms with van der Waals surface area (Å²) in [6.07, 6.45) is 4.63. The van der Waals surface area contributed by atoms with Crippen LogP contribution in [0.1, 0.15) is 55.6 Å². The fourth-order valence-electron chi connectivity index (χ4n) is 3.06. The van der Waals surface area contributed by atoms with Gasteiger partial charge in [0.2, 0.25) is 0 Å². The number of fused-ring (bicyclic) bond motifs is 1. The average Bonchev–Trinajstić information content (AvgIpc) is 2.62. The van der Waals surface area contributed by atoms with Gasteiger partial charge in [0.15, 0.2) is 0 Å². The fraction of sp³-hybridized carbons (Fsp3) is 0.409. The maximum Gasteiger partial charge on any atom is 0.254 e. The molecule has 0 unspecified atom stereocenters. The molecule has 0 bridgehead atoms. The second-order valence-electron chi connectivity index (χ2n) is 8.11. The first-order valence-electron chi connectivity index (χ1n) is 9.70. The van der Waals surface area contributed by atoms with Crippen LogP contribution in [-0.4, -0.2) is 40.4 Å². The van der Waals surface area contributed by atoms with Crippen molar-refractivity contribution in [1.29, 1.82) is 5.41 Å². The van der Waals surface area contributed by atoms with Gasteiger partial charge in [-0.1, -0.05) is 0 Å². The number of carbonyl (C=O) groups excluding carboxylic acids is 1. The first kappa shape index (κ1) is 22.4. The van der Waals surface area contributed by atoms with Crippen LogP contribution in [0.4, 0.5) is 5.69 Å². The minimum Gasteiger partial charge on any atom is -0.404 e. The number of hydrogen-bond acceptors (Lipinski definition) is 6. The summed E-state index contributed by atoms with van der Waals surface area (Å²) in [6.45, 7) is 9.71. The number of nitrogens with two attached hydrogens (primary N) is 1. The van der Waals surface area contributed by atoms with Crippen molar-refractivity contribution in [2.45, 2.75) is 52.7 Å². The predicted octanol–water partition coefficient (Wildman–Crippen LogP) is 3.20. The van der Waals surface area contributed by atoms with Crippen molar-refractivity contribution >= 4 is 34.3 Å². The first-order chi connectivity index (χ1) is 13.6. The Morgan fingerprint density at radius 3 is 2.59 bits per heavy atom. The number of aliphatic hydroxyl groups is 1. The van der Waals surface area contributed by atoms with Crippen molar-refractivity contribution in [3.05, 3.63) is 41.2 Å². The van der Waals surface area contributed by atoms with Gasteiger partial charge in [0, 0.05) is 42.2 Å². The van der Waals surface area contributed by atoms with Crippen molar-refractivity contribution in [1.82, 2.24) is 10.3 Å². The highest BCUT2D eigenvalue weighted by molar-refractivity contribution is 6.12. The van der Waals surface area contributed by atoms with Crippen molar-refractivity contribution in [3.63, 3.8) is 0 Å². The molecule has 0 spiro atoms. The van der Waals surface area contributed by atoms with Gasteiger partial charge in [-0.25, -0.2) is 0 Å². The molecule has 0 radical (unpaired) electrons. The van der Waals surface area contributed by atoms with Gasteiger partial charge in [-0.3, -0.25) is 9.78 Å². The number of nitrogens with one attached hydrogen (secondary N) is 3. The maximum absolute atomic E-state index is 12.8. The number of anilines is 1. The number of rotatable bonds is 8. The Labute approximate surface area is 171 Å². The third kappa shape index (κ3) is 5.54. The van der Waals surface area contributed by atoms with Gasteiger partial charge in [0.05, 0.1) is 22.4 Å². The zero-order valence-electron chi connectivity index (χ0n) is 17.8. The molecule has 1 amide bonds. The summed E-state index contributed by atoms with van der Waals surface area (Å²) in [5.74, 6) is -0.254. The lowest BCUT2D eigenvalue weighted by Crippen LogP contribution is -2.31. The van der Waals surface area contributed by atoms with Gasteiger partial charge < -0.3 is 26.9 Å². The van der Waals surface area contributed by atoms with Gasteiger partial charge >= 0.3 is 0 Å². The van der Waals surface area contributed by atoms with E-state index < -0.39 is 5.60 Å². The van der Waals surface area contributed by atoms with E-state index in [0.717, 1.165) is 22.0 Å². The molecular weight excluding hydrogens is 366 g/mol. The first-order valence-corrected chi connectivity index (χ1v) is 9.70. The van der Waals surface area contributed by atoms with Crippen molar-refractivity contribution in [2.24, 2.45) is 5.73 Å². The molecule has 29 heavy (non-hydrogen) atoms. The Morgan fingerprint density at radius 1 is 1.34 bits per heavy atom. The molecule has 6 N–H and O–H groups in total. The number of aryl methyl sites for hydroxylation is 1. The molecule has 0 aliphatic rings. The van der Waals surface area contributed by atoms with Crippen LogP contribution in [0, 0.1) is 12.3 Å². The zero-order chi connectivity index (χ0) is 21.8. The Hall–Kier alpha value is -2.93. The predicted molar refractivity (Wildman–Crippen MR) is 119 cm³/mol. The number of aromatic nitrogens is 1. The van der Waals surface area contributed by atoms with Gasteiger partial charge in [-0.05, 0) is 64.3 Å². The minimum absolute atomic E-state index is 0.0977. The second-order valence-corrected chi connectivity index (χ2v) is 8.11. The van der Waals surface area contributed by atoms with E-state index in [1.54, 1.807) is 20.0 Å². The fourth-order valence-corrected chi connectivity index (χ4v) is 3.06. The summed E-state index contributed by atoms with van der Waals surface area (Å²) in [5.41, 5.74) is 9.08. The highest BCUT2D eigenvalue weighted by atomic mass is 16.3. The number of benzene rings is 1. The largest absolute Gasteiger partial charge is 0.404 e. The molecule has 0 saturated carbocycles. The van der Waals surface area contributed by atoms with Crippen molar-refractivity contribution in [2.75, 3.05) is 11.9 Å². The molecule has 1 aromatic carbocycles. The Balaban J connectivity index is 2.57. The number of amides is 1. The van der Waals surface area contributed by atoms with Crippen LogP contribution >= 0.6 is 0 Å². The van der Waals surface area contributed by atoms with Crippen LogP contribution in [0.15, 0.2) is 24.5 Å². The van der Waals surface area contributed by atoms with Crippen LogP contribution in [0.3, 0.4) is 0 Å².